The third-order valence-electron chi connectivity index (χ3n) is 3.24. The van der Waals surface area contributed by atoms with E-state index in [0.717, 1.165) is 32.0 Å². The van der Waals surface area contributed by atoms with Crippen molar-refractivity contribution in [1.29, 1.82) is 0 Å². The van der Waals surface area contributed by atoms with Crippen molar-refractivity contribution < 1.29 is 9.47 Å². The Morgan fingerprint density at radius 1 is 1.56 bits per heavy atom. The van der Waals surface area contributed by atoms with E-state index in [2.05, 4.69) is 9.88 Å². The number of pyridine rings is 1. The fourth-order valence-corrected chi connectivity index (χ4v) is 2.29. The van der Waals surface area contributed by atoms with Crippen LogP contribution in [0, 0.1) is 5.92 Å². The third kappa shape index (κ3) is 3.04. The first-order valence-corrected chi connectivity index (χ1v) is 6.30. The van der Waals surface area contributed by atoms with Crippen molar-refractivity contribution in [2.75, 3.05) is 44.5 Å². The molecule has 5 nitrogen and oxygen atoms in total. The number of nitrogens with two attached hydrogens (primary N) is 1. The number of methoxy groups -OCH3 is 1. The fourth-order valence-electron chi connectivity index (χ4n) is 2.29. The predicted octanol–water partition coefficient (Wildman–Crippen LogP) is 1.54. The molecule has 1 saturated heterocycles. The minimum Gasteiger partial charge on any atom is -0.481 e. The molecule has 2 N–H and O–H groups in total. The first-order chi connectivity index (χ1) is 8.70. The third-order valence-corrected chi connectivity index (χ3v) is 3.24. The second kappa shape index (κ2) is 5.91. The maximum absolute atomic E-state index is 5.96. The fraction of sp³-hybridized carbons (Fsp3) is 0.615. The Hall–Kier alpha value is -1.49. The minimum atomic E-state index is 0.552. The van der Waals surface area contributed by atoms with Gasteiger partial charge in [-0.3, -0.25) is 0 Å². The van der Waals surface area contributed by atoms with Gasteiger partial charge in [0.2, 0.25) is 5.88 Å². The summed E-state index contributed by atoms with van der Waals surface area (Å²) >= 11 is 0. The molecule has 1 atom stereocenters. The van der Waals surface area contributed by atoms with Crippen LogP contribution in [0.1, 0.15) is 12.8 Å². The molecule has 1 aromatic rings. The Morgan fingerprint density at radius 2 is 2.39 bits per heavy atom. The molecule has 0 radical (unpaired) electrons. The molecule has 0 saturated carbocycles. The number of hydrogen-bond donors (Lipinski definition) is 1. The van der Waals surface area contributed by atoms with E-state index >= 15 is 0 Å². The summed E-state index contributed by atoms with van der Waals surface area (Å²) in [6, 6.07) is 3.60. The van der Waals surface area contributed by atoms with E-state index in [1.807, 2.05) is 13.1 Å². The quantitative estimate of drug-likeness (QED) is 0.879. The molecule has 0 spiro atoms. The summed E-state index contributed by atoms with van der Waals surface area (Å²) in [6.45, 7) is 2.62. The second-order valence-electron chi connectivity index (χ2n) is 4.73. The van der Waals surface area contributed by atoms with Crippen molar-refractivity contribution in [1.82, 2.24) is 4.98 Å². The zero-order valence-electron chi connectivity index (χ0n) is 11.1. The van der Waals surface area contributed by atoms with Gasteiger partial charge in [0, 0.05) is 26.3 Å². The van der Waals surface area contributed by atoms with Crippen molar-refractivity contribution in [2.45, 2.75) is 12.8 Å². The molecule has 100 valence electrons. The molecule has 0 aromatic carbocycles. The zero-order chi connectivity index (χ0) is 13.0. The zero-order valence-corrected chi connectivity index (χ0v) is 11.1. The van der Waals surface area contributed by atoms with Gasteiger partial charge in [0.05, 0.1) is 19.4 Å². The molecule has 1 aliphatic rings. The Kier molecular flexibility index (Phi) is 4.25. The van der Waals surface area contributed by atoms with Gasteiger partial charge in [0.25, 0.3) is 0 Å². The van der Waals surface area contributed by atoms with Crippen LogP contribution >= 0.6 is 0 Å². The normalized spacial score (nSPS) is 19.6. The van der Waals surface area contributed by atoms with Crippen LogP contribution in [0.15, 0.2) is 12.1 Å². The highest BCUT2D eigenvalue weighted by Gasteiger charge is 2.18. The topological polar surface area (TPSA) is 60.6 Å². The molecular formula is C13H21N3O2. The molecule has 18 heavy (non-hydrogen) atoms. The summed E-state index contributed by atoms with van der Waals surface area (Å²) in [5.74, 6) is 1.92. The van der Waals surface area contributed by atoms with E-state index in [1.54, 1.807) is 13.2 Å². The summed E-state index contributed by atoms with van der Waals surface area (Å²) in [5.41, 5.74) is 6.64. The van der Waals surface area contributed by atoms with E-state index < -0.39 is 0 Å². The first-order valence-electron chi connectivity index (χ1n) is 6.30. The molecular weight excluding hydrogens is 230 g/mol. The Labute approximate surface area is 108 Å². The van der Waals surface area contributed by atoms with Crippen LogP contribution in [0.25, 0.3) is 0 Å². The van der Waals surface area contributed by atoms with Gasteiger partial charge < -0.3 is 20.1 Å². The number of ether oxygens (including phenoxy) is 2. The van der Waals surface area contributed by atoms with Crippen molar-refractivity contribution in [3.63, 3.8) is 0 Å². The van der Waals surface area contributed by atoms with Crippen LogP contribution < -0.4 is 15.4 Å². The number of nitrogen functional groups attached to an aromatic ring is 1. The first kappa shape index (κ1) is 13.0. The summed E-state index contributed by atoms with van der Waals surface area (Å²) < 4.78 is 10.6. The molecule has 5 heteroatoms. The van der Waals surface area contributed by atoms with Crippen molar-refractivity contribution in [3.05, 3.63) is 12.1 Å². The molecule has 1 aliphatic heterocycles. The number of rotatable bonds is 4. The van der Waals surface area contributed by atoms with Gasteiger partial charge in [-0.25, -0.2) is 0 Å². The highest BCUT2D eigenvalue weighted by atomic mass is 16.5. The highest BCUT2D eigenvalue weighted by Crippen LogP contribution is 2.24. The van der Waals surface area contributed by atoms with Crippen LogP contribution in [0.3, 0.4) is 0 Å². The van der Waals surface area contributed by atoms with Crippen molar-refractivity contribution >= 4 is 11.5 Å². The molecule has 1 unspecified atom stereocenters. The van der Waals surface area contributed by atoms with Crippen LogP contribution in [-0.4, -0.2) is 38.9 Å². The summed E-state index contributed by atoms with van der Waals surface area (Å²) in [6.07, 6.45) is 2.34. The van der Waals surface area contributed by atoms with Gasteiger partial charge in [-0.1, -0.05) is 0 Å². The Morgan fingerprint density at radius 3 is 3.06 bits per heavy atom. The van der Waals surface area contributed by atoms with Crippen LogP contribution in [0.5, 0.6) is 5.88 Å². The monoisotopic (exact) mass is 251 g/mol. The Balaban J connectivity index is 2.04. The van der Waals surface area contributed by atoms with E-state index in [0.29, 0.717) is 17.5 Å². The van der Waals surface area contributed by atoms with Crippen LogP contribution in [-0.2, 0) is 4.74 Å². The van der Waals surface area contributed by atoms with Gasteiger partial charge in [-0.2, -0.15) is 4.98 Å². The van der Waals surface area contributed by atoms with E-state index in [4.69, 9.17) is 15.2 Å². The lowest BCUT2D eigenvalue weighted by atomic mass is 10.0. The molecule has 2 heterocycles. The molecule has 2 rings (SSSR count). The lowest BCUT2D eigenvalue weighted by Gasteiger charge is -2.28. The average Bonchev–Trinajstić information content (AvgIpc) is 2.40. The molecule has 0 bridgehead atoms. The number of nitrogens with zero attached hydrogens (tertiary/aromatic N) is 2. The predicted molar refractivity (Wildman–Crippen MR) is 72.0 cm³/mol. The highest BCUT2D eigenvalue weighted by molar-refractivity contribution is 5.63. The summed E-state index contributed by atoms with van der Waals surface area (Å²) in [5, 5.41) is 0. The summed E-state index contributed by atoms with van der Waals surface area (Å²) in [7, 11) is 3.62. The maximum atomic E-state index is 5.96. The van der Waals surface area contributed by atoms with E-state index in [-0.39, 0.29) is 0 Å². The van der Waals surface area contributed by atoms with Crippen LogP contribution in [0.4, 0.5) is 11.5 Å². The summed E-state index contributed by atoms with van der Waals surface area (Å²) in [4.78, 5) is 6.47. The molecule has 1 fully saturated rings. The Bertz CT molecular complexity index is 392. The van der Waals surface area contributed by atoms with Crippen molar-refractivity contribution in [3.8, 4) is 5.88 Å². The number of hydrogen-bond acceptors (Lipinski definition) is 5. The number of anilines is 2. The molecule has 0 aliphatic carbocycles. The molecule has 0 amide bonds. The van der Waals surface area contributed by atoms with Gasteiger partial charge in [-0.05, 0) is 24.8 Å². The van der Waals surface area contributed by atoms with E-state index in [9.17, 15) is 0 Å². The second-order valence-corrected chi connectivity index (χ2v) is 4.73. The lowest BCUT2D eigenvalue weighted by molar-refractivity contribution is 0.0576. The smallest absolute Gasteiger partial charge is 0.215 e. The number of aromatic nitrogens is 1. The van der Waals surface area contributed by atoms with Gasteiger partial charge in [-0.15, -0.1) is 0 Å². The standard InChI is InChI=1S/C13H21N3O2/c1-16(8-10-4-3-7-18-9-10)13-11(14)5-6-12(15-13)17-2/h5-6,10H,3-4,7-9,14H2,1-2H3. The van der Waals surface area contributed by atoms with Crippen LogP contribution in [0.2, 0.25) is 0 Å². The van der Waals surface area contributed by atoms with E-state index in [1.165, 1.54) is 6.42 Å². The molecule has 1 aromatic heterocycles. The lowest BCUT2D eigenvalue weighted by Crippen LogP contribution is -2.31. The minimum absolute atomic E-state index is 0.552. The van der Waals surface area contributed by atoms with Gasteiger partial charge in [0.15, 0.2) is 5.82 Å². The SMILES string of the molecule is COc1ccc(N)c(N(C)CC2CCCOC2)n1. The van der Waals surface area contributed by atoms with Gasteiger partial charge >= 0.3 is 0 Å². The van der Waals surface area contributed by atoms with Gasteiger partial charge in [0.1, 0.15) is 0 Å². The maximum Gasteiger partial charge on any atom is 0.215 e. The van der Waals surface area contributed by atoms with Crippen molar-refractivity contribution in [2.24, 2.45) is 5.92 Å². The largest absolute Gasteiger partial charge is 0.481 e. The average molecular weight is 251 g/mol.